The van der Waals surface area contributed by atoms with Crippen molar-refractivity contribution in [2.24, 2.45) is 7.05 Å². The molecule has 0 saturated carbocycles. The molecule has 0 N–H and O–H groups in total. The van der Waals surface area contributed by atoms with E-state index in [1.54, 1.807) is 29.1 Å². The van der Waals surface area contributed by atoms with Gasteiger partial charge in [-0.05, 0) is 18.2 Å². The molecule has 24 heavy (non-hydrogen) atoms. The Bertz CT molecular complexity index is 1030. The Hall–Kier alpha value is -3.49. The molecule has 0 bridgehead atoms. The van der Waals surface area contributed by atoms with Crippen molar-refractivity contribution in [3.63, 3.8) is 0 Å². The lowest BCUT2D eigenvalue weighted by molar-refractivity contribution is 0.362. The van der Waals surface area contributed by atoms with Gasteiger partial charge in [0.2, 0.25) is 11.7 Å². The quantitative estimate of drug-likeness (QED) is 0.557. The van der Waals surface area contributed by atoms with Crippen LogP contribution in [0.5, 0.6) is 0 Å². The van der Waals surface area contributed by atoms with Crippen LogP contribution in [0.25, 0.3) is 22.8 Å². The molecule has 0 spiro atoms. The summed E-state index contributed by atoms with van der Waals surface area (Å²) in [6.07, 6.45) is 5.02. The van der Waals surface area contributed by atoms with E-state index in [1.807, 2.05) is 13.2 Å². The van der Waals surface area contributed by atoms with Crippen LogP contribution in [-0.4, -0.2) is 29.7 Å². The number of hydrogen-bond donors (Lipinski definition) is 0. The number of furan rings is 1. The zero-order valence-electron chi connectivity index (χ0n) is 12.7. The predicted octanol–water partition coefficient (Wildman–Crippen LogP) is 1.34. The minimum absolute atomic E-state index is 0.0701. The van der Waals surface area contributed by atoms with Crippen molar-refractivity contribution in [1.29, 1.82) is 0 Å². The van der Waals surface area contributed by atoms with E-state index in [0.717, 1.165) is 5.56 Å². The van der Waals surface area contributed by atoms with Gasteiger partial charge in [-0.2, -0.15) is 15.2 Å². The molecule has 0 fully saturated rings. The van der Waals surface area contributed by atoms with Gasteiger partial charge in [0.1, 0.15) is 6.54 Å². The Kier molecular flexibility index (Phi) is 3.30. The van der Waals surface area contributed by atoms with Gasteiger partial charge < -0.3 is 8.94 Å². The molecule has 4 rings (SSSR count). The number of aryl methyl sites for hydroxylation is 1. The number of hydrogen-bond acceptors (Lipinski definition) is 7. The molecule has 0 aromatic carbocycles. The van der Waals surface area contributed by atoms with Crippen molar-refractivity contribution in [2.75, 3.05) is 0 Å². The van der Waals surface area contributed by atoms with Crippen LogP contribution >= 0.6 is 0 Å². The number of aromatic nitrogens is 6. The lowest BCUT2D eigenvalue weighted by Crippen LogP contribution is -2.22. The first-order valence-corrected chi connectivity index (χ1v) is 7.13. The SMILES string of the molecule is Cn1cc(-c2ccc(=O)n(Cc3nc(-c4ccco4)no3)n2)cn1. The molecule has 9 nitrogen and oxygen atoms in total. The topological polar surface area (TPSA) is 105 Å². The molecule has 0 aliphatic heterocycles. The van der Waals surface area contributed by atoms with E-state index in [1.165, 1.54) is 17.0 Å². The van der Waals surface area contributed by atoms with Gasteiger partial charge in [0.25, 0.3) is 5.56 Å². The molecule has 0 saturated heterocycles. The third-order valence-corrected chi connectivity index (χ3v) is 3.36. The van der Waals surface area contributed by atoms with Crippen LogP contribution in [0, 0.1) is 0 Å². The summed E-state index contributed by atoms with van der Waals surface area (Å²) in [5.41, 5.74) is 1.18. The normalized spacial score (nSPS) is 11.0. The molecular formula is C15H12N6O3. The summed E-state index contributed by atoms with van der Waals surface area (Å²) < 4.78 is 13.3. The van der Waals surface area contributed by atoms with Crippen LogP contribution < -0.4 is 5.56 Å². The highest BCUT2D eigenvalue weighted by Gasteiger charge is 2.13. The van der Waals surface area contributed by atoms with E-state index in [9.17, 15) is 4.79 Å². The minimum atomic E-state index is -0.264. The van der Waals surface area contributed by atoms with Gasteiger partial charge >= 0.3 is 0 Å². The van der Waals surface area contributed by atoms with Crippen molar-refractivity contribution in [1.82, 2.24) is 29.7 Å². The van der Waals surface area contributed by atoms with E-state index in [-0.39, 0.29) is 18.0 Å². The number of nitrogens with zero attached hydrogens (tertiary/aromatic N) is 6. The molecule has 4 heterocycles. The van der Waals surface area contributed by atoms with E-state index >= 15 is 0 Å². The minimum Gasteiger partial charge on any atom is -0.461 e. The highest BCUT2D eigenvalue weighted by atomic mass is 16.5. The van der Waals surface area contributed by atoms with Crippen LogP contribution in [0.1, 0.15) is 5.89 Å². The molecule has 0 radical (unpaired) electrons. The second-order valence-electron chi connectivity index (χ2n) is 5.11. The van der Waals surface area contributed by atoms with E-state index in [2.05, 4.69) is 20.3 Å². The summed E-state index contributed by atoms with van der Waals surface area (Å²) in [5.74, 6) is 1.08. The maximum absolute atomic E-state index is 12.0. The summed E-state index contributed by atoms with van der Waals surface area (Å²) in [7, 11) is 1.81. The van der Waals surface area contributed by atoms with Crippen LogP contribution in [0.15, 0.2) is 56.7 Å². The highest BCUT2D eigenvalue weighted by molar-refractivity contribution is 5.55. The summed E-state index contributed by atoms with van der Waals surface area (Å²) in [4.78, 5) is 16.2. The lowest BCUT2D eigenvalue weighted by Gasteiger charge is -2.02. The molecule has 4 aromatic heterocycles. The van der Waals surface area contributed by atoms with Gasteiger partial charge in [0.05, 0.1) is 18.2 Å². The van der Waals surface area contributed by atoms with Crippen LogP contribution in [0.4, 0.5) is 0 Å². The largest absolute Gasteiger partial charge is 0.461 e. The second-order valence-corrected chi connectivity index (χ2v) is 5.11. The second kappa shape index (κ2) is 5.61. The third-order valence-electron chi connectivity index (χ3n) is 3.36. The van der Waals surface area contributed by atoms with Gasteiger partial charge in [0.15, 0.2) is 5.76 Å². The average molecular weight is 324 g/mol. The third kappa shape index (κ3) is 2.62. The lowest BCUT2D eigenvalue weighted by atomic mass is 10.2. The fourth-order valence-electron chi connectivity index (χ4n) is 2.22. The first-order valence-electron chi connectivity index (χ1n) is 7.13. The maximum atomic E-state index is 12.0. The van der Waals surface area contributed by atoms with Crippen molar-refractivity contribution in [3.8, 4) is 22.8 Å². The molecule has 0 amide bonds. The summed E-state index contributed by atoms with van der Waals surface area (Å²) in [6, 6.07) is 6.55. The first kappa shape index (κ1) is 14.1. The Morgan fingerprint density at radius 1 is 1.25 bits per heavy atom. The average Bonchev–Trinajstić information content (AvgIpc) is 3.30. The Labute approximate surface area is 135 Å². The first-order chi connectivity index (χ1) is 11.7. The molecule has 0 aliphatic rings. The Morgan fingerprint density at radius 2 is 2.17 bits per heavy atom. The van der Waals surface area contributed by atoms with Gasteiger partial charge in [0, 0.05) is 24.9 Å². The molecule has 0 unspecified atom stereocenters. The van der Waals surface area contributed by atoms with Gasteiger partial charge in [-0.15, -0.1) is 0 Å². The van der Waals surface area contributed by atoms with Gasteiger partial charge in [-0.25, -0.2) is 4.68 Å². The van der Waals surface area contributed by atoms with E-state index in [4.69, 9.17) is 8.94 Å². The molecule has 0 aliphatic carbocycles. The van der Waals surface area contributed by atoms with Crippen LogP contribution in [0.2, 0.25) is 0 Å². The molecule has 120 valence electrons. The van der Waals surface area contributed by atoms with Crippen LogP contribution in [0.3, 0.4) is 0 Å². The van der Waals surface area contributed by atoms with Crippen molar-refractivity contribution in [2.45, 2.75) is 6.54 Å². The van der Waals surface area contributed by atoms with Gasteiger partial charge in [-0.1, -0.05) is 5.16 Å². The zero-order valence-corrected chi connectivity index (χ0v) is 12.7. The molecule has 4 aromatic rings. The van der Waals surface area contributed by atoms with Crippen LogP contribution in [-0.2, 0) is 13.6 Å². The Balaban J connectivity index is 1.64. The zero-order chi connectivity index (χ0) is 16.5. The van der Waals surface area contributed by atoms with Crippen molar-refractivity contribution in [3.05, 3.63) is 59.2 Å². The van der Waals surface area contributed by atoms with Gasteiger partial charge in [-0.3, -0.25) is 9.48 Å². The summed E-state index contributed by atoms with van der Waals surface area (Å²) >= 11 is 0. The summed E-state index contributed by atoms with van der Waals surface area (Å²) in [5, 5.41) is 12.3. The smallest absolute Gasteiger partial charge is 0.267 e. The standard InChI is InChI=1S/C15H12N6O3/c1-20-8-10(7-16-20)11-4-5-14(22)21(18-11)9-13-17-15(19-24-13)12-3-2-6-23-12/h2-8H,9H2,1H3. The molecular weight excluding hydrogens is 312 g/mol. The van der Waals surface area contributed by atoms with E-state index < -0.39 is 0 Å². The fourth-order valence-corrected chi connectivity index (χ4v) is 2.22. The van der Waals surface area contributed by atoms with Crippen molar-refractivity contribution >= 4 is 0 Å². The molecule has 0 atom stereocenters. The Morgan fingerprint density at radius 3 is 2.92 bits per heavy atom. The highest BCUT2D eigenvalue weighted by Crippen LogP contribution is 2.16. The molecule has 9 heteroatoms. The monoisotopic (exact) mass is 324 g/mol. The predicted molar refractivity (Wildman–Crippen MR) is 81.8 cm³/mol. The summed E-state index contributed by atoms with van der Waals surface area (Å²) in [6.45, 7) is 0.0701. The van der Waals surface area contributed by atoms with E-state index in [0.29, 0.717) is 17.3 Å². The van der Waals surface area contributed by atoms with Crippen molar-refractivity contribution < 1.29 is 8.94 Å². The fraction of sp³-hybridized carbons (Fsp3) is 0.133. The number of rotatable bonds is 4. The maximum Gasteiger partial charge on any atom is 0.267 e.